The van der Waals surface area contributed by atoms with Crippen LogP contribution in [0.25, 0.3) is 4.96 Å². The fourth-order valence-corrected chi connectivity index (χ4v) is 3.91. The van der Waals surface area contributed by atoms with Crippen LogP contribution in [0.2, 0.25) is 0 Å². The zero-order valence-corrected chi connectivity index (χ0v) is 12.9. The van der Waals surface area contributed by atoms with Crippen LogP contribution >= 0.6 is 11.3 Å². The van der Waals surface area contributed by atoms with Gasteiger partial charge >= 0.3 is 0 Å². The number of thiazole rings is 1. The molecular weight excluding hydrogens is 314 g/mol. The smallest absolute Gasteiger partial charge is 0.260 e. The summed E-state index contributed by atoms with van der Waals surface area (Å²) in [5, 5.41) is 8.69. The Hall–Kier alpha value is -1.98. The highest BCUT2D eigenvalue weighted by molar-refractivity contribution is 7.89. The first kappa shape index (κ1) is 14.0. The van der Waals surface area contributed by atoms with Gasteiger partial charge in [0.15, 0.2) is 21.6 Å². The van der Waals surface area contributed by atoms with E-state index in [4.69, 9.17) is 0 Å². The quantitative estimate of drug-likeness (QED) is 0.685. The Morgan fingerprint density at radius 1 is 1.43 bits per heavy atom. The summed E-state index contributed by atoms with van der Waals surface area (Å²) in [4.78, 5) is 8.82. The van der Waals surface area contributed by atoms with Gasteiger partial charge in [-0.1, -0.05) is 0 Å². The van der Waals surface area contributed by atoms with Gasteiger partial charge in [0.05, 0.1) is 6.54 Å². The first-order chi connectivity index (χ1) is 10.0. The molecule has 0 saturated carbocycles. The van der Waals surface area contributed by atoms with Crippen molar-refractivity contribution in [1.29, 1.82) is 0 Å². The third-order valence-corrected chi connectivity index (χ3v) is 4.96. The van der Waals surface area contributed by atoms with Gasteiger partial charge < -0.3 is 5.32 Å². The van der Waals surface area contributed by atoms with Gasteiger partial charge in [-0.25, -0.2) is 23.1 Å². The van der Waals surface area contributed by atoms with Crippen LogP contribution in [0.4, 0.5) is 5.82 Å². The van der Waals surface area contributed by atoms with Crippen LogP contribution in [0.5, 0.6) is 0 Å². The molecule has 21 heavy (non-hydrogen) atoms. The van der Waals surface area contributed by atoms with E-state index >= 15 is 0 Å². The number of sulfonamides is 1. The highest BCUT2D eigenvalue weighted by Gasteiger charge is 2.25. The highest BCUT2D eigenvalue weighted by atomic mass is 32.2. The lowest BCUT2D eigenvalue weighted by atomic mass is 10.6. The van der Waals surface area contributed by atoms with E-state index in [0.717, 1.165) is 0 Å². The van der Waals surface area contributed by atoms with E-state index in [1.807, 2.05) is 0 Å². The Bertz CT molecular complexity index is 876. The normalized spacial score (nSPS) is 12.1. The molecule has 0 aliphatic heterocycles. The summed E-state index contributed by atoms with van der Waals surface area (Å²) in [6.45, 7) is 0.0176. The zero-order chi connectivity index (χ0) is 15.0. The summed E-state index contributed by atoms with van der Waals surface area (Å²) < 4.78 is 30.5. The molecule has 0 aliphatic carbocycles. The number of nitrogens with zero attached hydrogens (tertiary/aromatic N) is 5. The molecule has 0 radical (unpaired) electrons. The lowest BCUT2D eigenvalue weighted by Crippen LogP contribution is -2.25. The number of anilines is 1. The molecule has 3 aromatic heterocycles. The maximum Gasteiger partial charge on any atom is 0.260 e. The van der Waals surface area contributed by atoms with Crippen LogP contribution in [0, 0.1) is 0 Å². The maximum absolute atomic E-state index is 12.5. The molecule has 3 rings (SSSR count). The molecule has 0 unspecified atom stereocenters. The summed E-state index contributed by atoms with van der Waals surface area (Å²) in [5.41, 5.74) is 0. The monoisotopic (exact) mass is 327 g/mol. The predicted octanol–water partition coefficient (Wildman–Crippen LogP) is 0.0445. The molecule has 11 heteroatoms. The summed E-state index contributed by atoms with van der Waals surface area (Å²) in [5.74, 6) is 0.710. The topological polar surface area (TPSA) is 106 Å². The average molecular weight is 327 g/mol. The van der Waals surface area contributed by atoms with Crippen molar-refractivity contribution in [2.45, 2.75) is 11.6 Å². The molecule has 2 N–H and O–H groups in total. The molecule has 3 aromatic rings. The van der Waals surface area contributed by atoms with Gasteiger partial charge in [-0.15, -0.1) is 11.3 Å². The standard InChI is InChI=1S/C10H13N7O2S2/c1-11-8-9(17-3-4-20-10(17)14-8)21(18,19)13-5-7-12-6-16(2)15-7/h3-4,6,11,13H,5H2,1-2H3. The van der Waals surface area contributed by atoms with Crippen molar-refractivity contribution in [3.05, 3.63) is 23.7 Å². The largest absolute Gasteiger partial charge is 0.371 e. The first-order valence-electron chi connectivity index (χ1n) is 5.99. The number of nitrogens with one attached hydrogen (secondary N) is 2. The molecule has 0 aromatic carbocycles. The minimum Gasteiger partial charge on any atom is -0.371 e. The third-order valence-electron chi connectivity index (χ3n) is 2.78. The van der Waals surface area contributed by atoms with Gasteiger partial charge in [0.1, 0.15) is 6.33 Å². The van der Waals surface area contributed by atoms with Crippen LogP contribution in [-0.2, 0) is 23.6 Å². The van der Waals surface area contributed by atoms with Gasteiger partial charge in [-0.05, 0) is 0 Å². The van der Waals surface area contributed by atoms with E-state index in [2.05, 4.69) is 25.1 Å². The van der Waals surface area contributed by atoms with Crippen LogP contribution < -0.4 is 10.0 Å². The number of imidazole rings is 1. The fourth-order valence-electron chi connectivity index (χ4n) is 1.88. The van der Waals surface area contributed by atoms with Crippen LogP contribution in [0.1, 0.15) is 5.82 Å². The van der Waals surface area contributed by atoms with Crippen LogP contribution in [-0.4, -0.2) is 39.6 Å². The molecule has 0 aliphatic rings. The van der Waals surface area contributed by atoms with E-state index in [1.165, 1.54) is 26.7 Å². The predicted molar refractivity (Wildman–Crippen MR) is 77.6 cm³/mol. The zero-order valence-electron chi connectivity index (χ0n) is 11.3. The minimum atomic E-state index is -3.74. The number of aryl methyl sites for hydroxylation is 1. The van der Waals surface area contributed by atoms with Gasteiger partial charge in [0.25, 0.3) is 10.0 Å². The Morgan fingerprint density at radius 2 is 2.24 bits per heavy atom. The molecule has 0 fully saturated rings. The van der Waals surface area contributed by atoms with Crippen molar-refractivity contribution >= 4 is 32.1 Å². The molecule has 3 heterocycles. The van der Waals surface area contributed by atoms with E-state index in [-0.39, 0.29) is 11.6 Å². The first-order valence-corrected chi connectivity index (χ1v) is 8.35. The molecular formula is C10H13N7O2S2. The molecule has 0 bridgehead atoms. The number of hydrogen-bond acceptors (Lipinski definition) is 7. The maximum atomic E-state index is 12.5. The summed E-state index contributed by atoms with van der Waals surface area (Å²) in [6, 6.07) is 0. The van der Waals surface area contributed by atoms with Crippen molar-refractivity contribution in [3.63, 3.8) is 0 Å². The van der Waals surface area contributed by atoms with Crippen LogP contribution in [0.3, 0.4) is 0 Å². The van der Waals surface area contributed by atoms with Crippen molar-refractivity contribution in [3.8, 4) is 0 Å². The Morgan fingerprint density at radius 3 is 2.90 bits per heavy atom. The second-order valence-electron chi connectivity index (χ2n) is 4.23. The molecule has 0 atom stereocenters. The molecule has 0 amide bonds. The van der Waals surface area contributed by atoms with Gasteiger partial charge in [0, 0.05) is 25.7 Å². The Labute approximate surface area is 124 Å². The van der Waals surface area contributed by atoms with E-state index < -0.39 is 10.0 Å². The molecule has 112 valence electrons. The average Bonchev–Trinajstić information content (AvgIpc) is 3.10. The van der Waals surface area contributed by atoms with Crippen molar-refractivity contribution in [1.82, 2.24) is 28.9 Å². The Balaban J connectivity index is 1.94. The van der Waals surface area contributed by atoms with Crippen molar-refractivity contribution < 1.29 is 8.42 Å². The van der Waals surface area contributed by atoms with E-state index in [9.17, 15) is 8.42 Å². The molecule has 0 spiro atoms. The minimum absolute atomic E-state index is 0.0176. The van der Waals surface area contributed by atoms with Crippen LogP contribution in [0.15, 0.2) is 22.9 Å². The number of aromatic nitrogens is 5. The number of hydrogen-bond donors (Lipinski definition) is 2. The lowest BCUT2D eigenvalue weighted by Gasteiger charge is -2.06. The van der Waals surface area contributed by atoms with E-state index in [1.54, 1.807) is 25.7 Å². The van der Waals surface area contributed by atoms with E-state index in [0.29, 0.717) is 16.6 Å². The molecule has 9 nitrogen and oxygen atoms in total. The SMILES string of the molecule is CNc1nc2sccn2c1S(=O)(=O)NCc1ncn(C)n1. The molecule has 0 saturated heterocycles. The summed E-state index contributed by atoms with van der Waals surface area (Å²) in [7, 11) is -0.391. The number of fused-ring (bicyclic) bond motifs is 1. The highest BCUT2D eigenvalue weighted by Crippen LogP contribution is 2.25. The lowest BCUT2D eigenvalue weighted by molar-refractivity contribution is 0.574. The second-order valence-corrected chi connectivity index (χ2v) is 6.79. The summed E-state index contributed by atoms with van der Waals surface area (Å²) in [6.07, 6.45) is 3.18. The fraction of sp³-hybridized carbons (Fsp3) is 0.300. The van der Waals surface area contributed by atoms with Gasteiger partial charge in [-0.2, -0.15) is 5.10 Å². The summed E-state index contributed by atoms with van der Waals surface area (Å²) >= 11 is 1.36. The third kappa shape index (κ3) is 2.50. The van der Waals surface area contributed by atoms with Gasteiger partial charge in [0.2, 0.25) is 0 Å². The van der Waals surface area contributed by atoms with Gasteiger partial charge in [-0.3, -0.25) is 9.08 Å². The Kier molecular flexibility index (Phi) is 3.39. The van der Waals surface area contributed by atoms with Crippen molar-refractivity contribution in [2.24, 2.45) is 7.05 Å². The number of rotatable bonds is 5. The van der Waals surface area contributed by atoms with Crippen molar-refractivity contribution in [2.75, 3.05) is 12.4 Å². The second kappa shape index (κ2) is 5.09.